The van der Waals surface area contributed by atoms with Gasteiger partial charge in [0.05, 0.1) is 18.9 Å². The summed E-state index contributed by atoms with van der Waals surface area (Å²) in [5.41, 5.74) is -1.30. The summed E-state index contributed by atoms with van der Waals surface area (Å²) in [4.78, 5) is 50.0. The van der Waals surface area contributed by atoms with E-state index in [1.807, 2.05) is 4.98 Å². The smallest absolute Gasteiger partial charge is 0.361 e. The first-order valence-electron chi connectivity index (χ1n) is 8.31. The lowest BCUT2D eigenvalue weighted by Crippen LogP contribution is -2.46. The van der Waals surface area contributed by atoms with Crippen molar-refractivity contribution in [2.24, 2.45) is 11.8 Å². The summed E-state index contributed by atoms with van der Waals surface area (Å²) in [6.45, 7) is 6.85. The molecule has 1 unspecified atom stereocenters. The second-order valence-electron chi connectivity index (χ2n) is 6.89. The molecule has 0 aromatic carbocycles. The van der Waals surface area contributed by atoms with Gasteiger partial charge in [-0.15, -0.1) is 4.73 Å². The van der Waals surface area contributed by atoms with Crippen LogP contribution in [-0.4, -0.2) is 43.8 Å². The molecule has 3 N–H and O–H groups in total. The highest BCUT2D eigenvalue weighted by Crippen LogP contribution is 2.59. The van der Waals surface area contributed by atoms with E-state index in [9.17, 15) is 23.9 Å². The van der Waals surface area contributed by atoms with Crippen LogP contribution in [0.5, 0.6) is 0 Å². The molecule has 10 nitrogen and oxygen atoms in total. The summed E-state index contributed by atoms with van der Waals surface area (Å²) in [6, 6.07) is 1.13. The van der Waals surface area contributed by atoms with Crippen LogP contribution in [0.25, 0.3) is 0 Å². The molecule has 148 valence electrons. The van der Waals surface area contributed by atoms with Crippen LogP contribution < -0.4 is 16.1 Å². The first-order valence-corrected chi connectivity index (χ1v) is 9.92. The molecule has 1 aromatic heterocycles. The Balaban J connectivity index is 2.13. The number of hydrogen-bond donors (Lipinski definition) is 3. The summed E-state index contributed by atoms with van der Waals surface area (Å²) in [5.74, 6) is -0.879. The normalized spacial score (nSPS) is 21.5. The Morgan fingerprint density at radius 1 is 1.31 bits per heavy atom. The number of nitrogens with zero attached hydrogens (tertiary/aromatic N) is 1. The number of rotatable bonds is 7. The molecule has 0 aliphatic carbocycles. The summed E-state index contributed by atoms with van der Waals surface area (Å²) in [6.07, 6.45) is -0.124. The van der Waals surface area contributed by atoms with Gasteiger partial charge in [-0.05, 0) is 11.8 Å². The van der Waals surface area contributed by atoms with Gasteiger partial charge in [0.15, 0.2) is 5.34 Å². The average Bonchev–Trinajstić information content (AvgIpc) is 2.93. The number of H-pyrrole nitrogens is 1. The van der Waals surface area contributed by atoms with Crippen molar-refractivity contribution in [1.82, 2.24) is 9.71 Å². The van der Waals surface area contributed by atoms with E-state index in [1.54, 1.807) is 27.7 Å². The molecule has 1 aliphatic rings. The Morgan fingerprint density at radius 2 is 1.92 bits per heavy atom. The number of aromatic amines is 1. The van der Waals surface area contributed by atoms with Gasteiger partial charge in [-0.3, -0.25) is 14.3 Å². The van der Waals surface area contributed by atoms with E-state index in [-0.39, 0.29) is 13.0 Å². The third-order valence-corrected chi connectivity index (χ3v) is 6.46. The van der Waals surface area contributed by atoms with Crippen LogP contribution in [0.4, 0.5) is 0 Å². The summed E-state index contributed by atoms with van der Waals surface area (Å²) >= 11 is 0. The highest BCUT2D eigenvalue weighted by molar-refractivity contribution is 7.53. The summed E-state index contributed by atoms with van der Waals surface area (Å²) in [7, 11) is -4.58. The standard InChI is InChI=1S/C15H25N2O8P/c1-9(2)15(10(3)4,26(20,21)22)24-11-7-13(23-8-11)25-17-6-5-12(18)16-14(17)19/h5-6,9-11,13H,7-8H2,1-4H3,(H,16,18,19)(H2,20,21,22)/t11-,13?/m0/s1. The van der Waals surface area contributed by atoms with Crippen molar-refractivity contribution in [2.75, 3.05) is 6.61 Å². The quantitative estimate of drug-likeness (QED) is 0.562. The van der Waals surface area contributed by atoms with Gasteiger partial charge in [-0.25, -0.2) is 4.79 Å². The predicted octanol–water partition coefficient (Wildman–Crippen LogP) is 0.283. The van der Waals surface area contributed by atoms with Crippen LogP contribution in [0, 0.1) is 11.8 Å². The van der Waals surface area contributed by atoms with E-state index in [0.717, 1.165) is 10.8 Å². The Bertz CT molecular complexity index is 772. The zero-order chi connectivity index (χ0) is 19.7. The van der Waals surface area contributed by atoms with Crippen molar-refractivity contribution in [2.45, 2.75) is 51.9 Å². The highest BCUT2D eigenvalue weighted by Gasteiger charge is 2.55. The molecule has 1 aromatic rings. The van der Waals surface area contributed by atoms with Crippen molar-refractivity contribution >= 4 is 7.60 Å². The molecule has 11 heteroatoms. The number of hydrogen-bond acceptors (Lipinski definition) is 6. The monoisotopic (exact) mass is 392 g/mol. The van der Waals surface area contributed by atoms with Gasteiger partial charge in [-0.2, -0.15) is 0 Å². The van der Waals surface area contributed by atoms with Crippen molar-refractivity contribution in [3.63, 3.8) is 0 Å². The summed E-state index contributed by atoms with van der Waals surface area (Å²) < 4.78 is 24.3. The first kappa shape index (κ1) is 20.9. The van der Waals surface area contributed by atoms with Gasteiger partial charge in [0, 0.05) is 12.5 Å². The SMILES string of the molecule is CC(C)C(O[C@@H]1COC(On2ccc(=O)[nH]c2=O)C1)(C(C)C)P(=O)(O)O. The van der Waals surface area contributed by atoms with Crippen LogP contribution in [0.1, 0.15) is 34.1 Å². The fourth-order valence-electron chi connectivity index (χ4n) is 3.28. The second kappa shape index (κ2) is 7.66. The molecule has 0 saturated carbocycles. The fourth-order valence-corrected chi connectivity index (χ4v) is 4.91. The van der Waals surface area contributed by atoms with Gasteiger partial charge in [-0.1, -0.05) is 27.7 Å². The van der Waals surface area contributed by atoms with Crippen molar-refractivity contribution in [1.29, 1.82) is 0 Å². The minimum Gasteiger partial charge on any atom is -0.377 e. The third kappa shape index (κ3) is 4.10. The molecule has 1 fully saturated rings. The van der Waals surface area contributed by atoms with E-state index < -0.39 is 48.4 Å². The van der Waals surface area contributed by atoms with Crippen molar-refractivity contribution < 1.29 is 28.7 Å². The van der Waals surface area contributed by atoms with Gasteiger partial charge < -0.3 is 24.1 Å². The molecule has 1 saturated heterocycles. The van der Waals surface area contributed by atoms with E-state index in [1.165, 1.54) is 6.20 Å². The van der Waals surface area contributed by atoms with Gasteiger partial charge in [0.2, 0.25) is 6.29 Å². The first-order chi connectivity index (χ1) is 12.0. The zero-order valence-electron chi connectivity index (χ0n) is 15.1. The number of aromatic nitrogens is 2. The van der Waals surface area contributed by atoms with E-state index in [0.29, 0.717) is 0 Å². The largest absolute Gasteiger partial charge is 0.377 e. The lowest BCUT2D eigenvalue weighted by Gasteiger charge is -2.42. The maximum absolute atomic E-state index is 12.2. The van der Waals surface area contributed by atoms with Crippen molar-refractivity contribution in [3.05, 3.63) is 33.1 Å². The third-order valence-electron chi connectivity index (χ3n) is 4.41. The highest BCUT2D eigenvalue weighted by atomic mass is 31.2. The molecule has 0 spiro atoms. The Morgan fingerprint density at radius 3 is 2.42 bits per heavy atom. The van der Waals surface area contributed by atoms with Crippen LogP contribution >= 0.6 is 7.60 Å². The van der Waals surface area contributed by atoms with Gasteiger partial charge in [0.1, 0.15) is 0 Å². The van der Waals surface area contributed by atoms with E-state index >= 15 is 0 Å². The van der Waals surface area contributed by atoms with Crippen LogP contribution in [0.2, 0.25) is 0 Å². The maximum atomic E-state index is 12.2. The summed E-state index contributed by atoms with van der Waals surface area (Å²) in [5, 5.41) is -1.65. The minimum absolute atomic E-state index is 0.0595. The van der Waals surface area contributed by atoms with E-state index in [4.69, 9.17) is 14.3 Å². The molecule has 0 radical (unpaired) electrons. The molecule has 2 rings (SSSR count). The minimum atomic E-state index is -4.58. The van der Waals surface area contributed by atoms with E-state index in [2.05, 4.69) is 0 Å². The molecule has 0 bridgehead atoms. The number of ether oxygens (including phenoxy) is 2. The second-order valence-corrected chi connectivity index (χ2v) is 8.67. The molecule has 0 amide bonds. The molecule has 26 heavy (non-hydrogen) atoms. The van der Waals surface area contributed by atoms with Crippen LogP contribution in [-0.2, 0) is 14.0 Å². The number of nitrogens with one attached hydrogen (secondary N) is 1. The maximum Gasteiger partial charge on any atom is 0.361 e. The lowest BCUT2D eigenvalue weighted by molar-refractivity contribution is -0.120. The Kier molecular flexibility index (Phi) is 6.14. The predicted molar refractivity (Wildman–Crippen MR) is 91.6 cm³/mol. The Labute approximate surface area is 150 Å². The lowest BCUT2D eigenvalue weighted by atomic mass is 9.94. The van der Waals surface area contributed by atoms with Gasteiger partial charge in [0.25, 0.3) is 5.56 Å². The van der Waals surface area contributed by atoms with Crippen LogP contribution in [0.15, 0.2) is 21.9 Å². The van der Waals surface area contributed by atoms with Gasteiger partial charge >= 0.3 is 13.3 Å². The topological polar surface area (TPSA) is 140 Å². The average molecular weight is 392 g/mol. The van der Waals surface area contributed by atoms with Crippen molar-refractivity contribution in [3.8, 4) is 0 Å². The molecule has 2 heterocycles. The molecule has 2 atom stereocenters. The molecule has 1 aliphatic heterocycles. The molecular formula is C15H25N2O8P. The Hall–Kier alpha value is -1.45. The zero-order valence-corrected chi connectivity index (χ0v) is 16.0. The fraction of sp³-hybridized carbons (Fsp3) is 0.733. The van der Waals surface area contributed by atoms with Crippen LogP contribution in [0.3, 0.4) is 0 Å². The molecular weight excluding hydrogens is 367 g/mol.